The molecule has 0 N–H and O–H groups in total. The van der Waals surface area contributed by atoms with Crippen LogP contribution in [-0.2, 0) is 6.42 Å². The van der Waals surface area contributed by atoms with Gasteiger partial charge in [-0.1, -0.05) is 22.9 Å². The fourth-order valence-corrected chi connectivity index (χ4v) is 4.43. The number of halogens is 2. The van der Waals surface area contributed by atoms with Crippen molar-refractivity contribution in [1.29, 1.82) is 0 Å². The first-order chi connectivity index (χ1) is 17.3. The van der Waals surface area contributed by atoms with Crippen molar-refractivity contribution in [3.05, 3.63) is 88.6 Å². The lowest BCUT2D eigenvalue weighted by Gasteiger charge is -2.14. The van der Waals surface area contributed by atoms with Crippen molar-refractivity contribution in [2.75, 3.05) is 6.61 Å². The van der Waals surface area contributed by atoms with Gasteiger partial charge in [-0.25, -0.2) is 9.97 Å². The zero-order chi connectivity index (χ0) is 25.8. The normalized spacial score (nSPS) is 11.2. The van der Waals surface area contributed by atoms with Crippen molar-refractivity contribution in [1.82, 2.24) is 14.6 Å². The Morgan fingerprint density at radius 1 is 1.22 bits per heavy atom. The summed E-state index contributed by atoms with van der Waals surface area (Å²) in [7, 11) is 0. The molecule has 0 bridgehead atoms. The second-order valence-electron chi connectivity index (χ2n) is 7.38. The van der Waals surface area contributed by atoms with Gasteiger partial charge in [0, 0.05) is 23.0 Å². The largest absolute Gasteiger partial charge is 0.490 e. The van der Waals surface area contributed by atoms with Crippen LogP contribution in [-0.4, -0.2) is 32.4 Å². The summed E-state index contributed by atoms with van der Waals surface area (Å²) in [6.45, 7) is 4.13. The highest BCUT2D eigenvalue weighted by Crippen LogP contribution is 2.37. The molecule has 12 heteroatoms. The van der Waals surface area contributed by atoms with Crippen molar-refractivity contribution >= 4 is 61.3 Å². The molecule has 0 atom stereocenters. The number of nitrogens with zero attached hydrogens (tertiary/aromatic N) is 5. The van der Waals surface area contributed by atoms with Gasteiger partial charge >= 0.3 is 0 Å². The monoisotopic (exact) mass is 663 g/mol. The van der Waals surface area contributed by atoms with E-state index in [1.54, 1.807) is 24.4 Å². The molecule has 0 radical (unpaired) electrons. The first-order valence-corrected chi connectivity index (χ1v) is 12.7. The molecule has 36 heavy (non-hydrogen) atoms. The Labute approximate surface area is 227 Å². The highest BCUT2D eigenvalue weighted by atomic mass is 127. The number of aryl methyl sites for hydroxylation is 1. The zero-order valence-corrected chi connectivity index (χ0v) is 22.9. The average molecular weight is 664 g/mol. The van der Waals surface area contributed by atoms with E-state index in [-0.39, 0.29) is 17.1 Å². The maximum Gasteiger partial charge on any atom is 0.287 e. The van der Waals surface area contributed by atoms with Gasteiger partial charge in [-0.3, -0.25) is 14.9 Å². The molecule has 0 fully saturated rings. The van der Waals surface area contributed by atoms with Crippen LogP contribution in [0.1, 0.15) is 25.2 Å². The van der Waals surface area contributed by atoms with Crippen LogP contribution in [0.5, 0.6) is 17.4 Å². The van der Waals surface area contributed by atoms with E-state index in [4.69, 9.17) is 9.47 Å². The van der Waals surface area contributed by atoms with E-state index in [0.29, 0.717) is 50.4 Å². The highest BCUT2D eigenvalue weighted by Gasteiger charge is 2.15. The van der Waals surface area contributed by atoms with E-state index in [2.05, 4.69) is 53.6 Å². The third-order valence-electron chi connectivity index (χ3n) is 4.98. The maximum atomic E-state index is 13.1. The van der Waals surface area contributed by atoms with Crippen molar-refractivity contribution in [3.63, 3.8) is 0 Å². The van der Waals surface area contributed by atoms with Crippen LogP contribution in [0.15, 0.2) is 63.0 Å². The predicted molar refractivity (Wildman–Crippen MR) is 147 cm³/mol. The highest BCUT2D eigenvalue weighted by molar-refractivity contribution is 14.1. The summed E-state index contributed by atoms with van der Waals surface area (Å²) >= 11 is 5.49. The number of nitro groups is 1. The Hall–Kier alpha value is -3.39. The van der Waals surface area contributed by atoms with Gasteiger partial charge in [0.1, 0.15) is 12.0 Å². The van der Waals surface area contributed by atoms with E-state index in [0.717, 1.165) is 10.7 Å². The van der Waals surface area contributed by atoms with Crippen LogP contribution in [0.2, 0.25) is 0 Å². The molecular weight excluding hydrogens is 645 g/mol. The third kappa shape index (κ3) is 5.54. The summed E-state index contributed by atoms with van der Waals surface area (Å²) in [5, 5.41) is 15.8. The molecule has 0 aliphatic carbocycles. The molecule has 184 valence electrons. The summed E-state index contributed by atoms with van der Waals surface area (Å²) in [4.78, 5) is 32.1. The van der Waals surface area contributed by atoms with E-state index < -0.39 is 4.92 Å². The quantitative estimate of drug-likeness (QED) is 0.103. The Morgan fingerprint density at radius 3 is 2.69 bits per heavy atom. The Balaban J connectivity index is 1.71. The fraction of sp³-hybridized carbons (Fsp3) is 0.167. The van der Waals surface area contributed by atoms with Gasteiger partial charge in [-0.05, 0) is 65.4 Å². The minimum Gasteiger partial charge on any atom is -0.490 e. The van der Waals surface area contributed by atoms with Gasteiger partial charge in [-0.2, -0.15) is 9.78 Å². The van der Waals surface area contributed by atoms with Crippen LogP contribution < -0.4 is 15.0 Å². The fourth-order valence-electron chi connectivity index (χ4n) is 3.34. The summed E-state index contributed by atoms with van der Waals surface area (Å²) in [6.07, 6.45) is 3.21. The van der Waals surface area contributed by atoms with Crippen LogP contribution >= 0.6 is 38.5 Å². The molecule has 4 rings (SSSR count). The Kier molecular flexibility index (Phi) is 7.94. The van der Waals surface area contributed by atoms with Gasteiger partial charge in [-0.15, -0.1) is 0 Å². The van der Waals surface area contributed by atoms with Crippen molar-refractivity contribution in [2.24, 2.45) is 5.10 Å². The van der Waals surface area contributed by atoms with Crippen molar-refractivity contribution < 1.29 is 14.4 Å². The number of hydrogen-bond donors (Lipinski definition) is 0. The summed E-state index contributed by atoms with van der Waals surface area (Å²) in [5.74, 6) is 1.58. The maximum absolute atomic E-state index is 13.1. The van der Waals surface area contributed by atoms with E-state index in [1.807, 2.05) is 26.0 Å². The number of pyridine rings is 1. The van der Waals surface area contributed by atoms with Crippen LogP contribution in [0, 0.1) is 13.7 Å². The van der Waals surface area contributed by atoms with Crippen LogP contribution in [0.25, 0.3) is 10.9 Å². The number of aromatic nitrogens is 3. The first-order valence-electron chi connectivity index (χ1n) is 10.8. The molecule has 4 aromatic rings. The molecule has 0 saturated heterocycles. The van der Waals surface area contributed by atoms with Gasteiger partial charge < -0.3 is 9.47 Å². The summed E-state index contributed by atoms with van der Waals surface area (Å²) in [6, 6.07) is 11.6. The summed E-state index contributed by atoms with van der Waals surface area (Å²) in [5.41, 5.74) is 0.889. The first kappa shape index (κ1) is 25.7. The Bertz CT molecular complexity index is 1540. The number of ether oxygens (including phenoxy) is 2. The topological polar surface area (TPSA) is 122 Å². The van der Waals surface area contributed by atoms with Gasteiger partial charge in [0.25, 0.3) is 11.2 Å². The number of hydrogen-bond acceptors (Lipinski definition) is 8. The van der Waals surface area contributed by atoms with Gasteiger partial charge in [0.05, 0.1) is 32.2 Å². The van der Waals surface area contributed by atoms with Crippen LogP contribution in [0.3, 0.4) is 0 Å². The number of benzene rings is 2. The SMILES string of the molecule is CCOc1cc(C=Nn2c(CC)nc3ccc(Br)cc3c2=O)cc(I)c1Oc1ccc([N+](=O)[O-])cn1. The second kappa shape index (κ2) is 11.1. The second-order valence-corrected chi connectivity index (χ2v) is 9.46. The van der Waals surface area contributed by atoms with E-state index >= 15 is 0 Å². The molecule has 0 aliphatic heterocycles. The molecular formula is C24H19BrIN5O5. The number of rotatable bonds is 8. The smallest absolute Gasteiger partial charge is 0.287 e. The van der Waals surface area contributed by atoms with Crippen LogP contribution in [0.4, 0.5) is 5.69 Å². The molecule has 0 amide bonds. The van der Waals surface area contributed by atoms with E-state index in [9.17, 15) is 14.9 Å². The zero-order valence-electron chi connectivity index (χ0n) is 19.1. The van der Waals surface area contributed by atoms with Crippen molar-refractivity contribution in [3.8, 4) is 17.4 Å². The lowest BCUT2D eigenvalue weighted by Crippen LogP contribution is -2.22. The standard InChI is InChI=1S/C24H19BrIN5O5/c1-3-21-29-19-7-5-15(25)11-17(19)24(32)30(21)28-12-14-9-18(26)23(20(10-14)35-4-2)36-22-8-6-16(13-27-22)31(33)34/h5-13H,3-4H2,1-2H3. The Morgan fingerprint density at radius 2 is 2.03 bits per heavy atom. The minimum atomic E-state index is -0.528. The molecule has 0 unspecified atom stereocenters. The molecule has 10 nitrogen and oxygen atoms in total. The molecule has 0 saturated carbocycles. The summed E-state index contributed by atoms with van der Waals surface area (Å²) < 4.78 is 14.4. The third-order valence-corrected chi connectivity index (χ3v) is 6.28. The average Bonchev–Trinajstić information content (AvgIpc) is 2.86. The molecule has 2 heterocycles. The number of fused-ring (bicyclic) bond motifs is 1. The minimum absolute atomic E-state index is 0.133. The lowest BCUT2D eigenvalue weighted by atomic mass is 10.2. The van der Waals surface area contributed by atoms with Gasteiger partial charge in [0.15, 0.2) is 11.5 Å². The molecule has 2 aromatic heterocycles. The molecule has 2 aromatic carbocycles. The predicted octanol–water partition coefficient (Wildman–Crippen LogP) is 5.70. The molecule has 0 aliphatic rings. The lowest BCUT2D eigenvalue weighted by molar-refractivity contribution is -0.385. The van der Waals surface area contributed by atoms with Crippen molar-refractivity contribution in [2.45, 2.75) is 20.3 Å². The molecule has 0 spiro atoms. The van der Waals surface area contributed by atoms with E-state index in [1.165, 1.54) is 16.8 Å². The van der Waals surface area contributed by atoms with Gasteiger partial charge in [0.2, 0.25) is 5.88 Å².